The quantitative estimate of drug-likeness (QED) is 0.745. The second-order valence-electron chi connectivity index (χ2n) is 5.71. The highest BCUT2D eigenvalue weighted by Gasteiger charge is 2.20. The van der Waals surface area contributed by atoms with Crippen LogP contribution in [0.15, 0.2) is 47.4 Å². The molecule has 0 saturated heterocycles. The van der Waals surface area contributed by atoms with Crippen molar-refractivity contribution in [3.63, 3.8) is 0 Å². The average Bonchev–Trinajstić information content (AvgIpc) is 2.59. The van der Waals surface area contributed by atoms with E-state index in [0.29, 0.717) is 28.4 Å². The van der Waals surface area contributed by atoms with E-state index in [-0.39, 0.29) is 10.8 Å². The van der Waals surface area contributed by atoms with Gasteiger partial charge in [-0.05, 0) is 55.3 Å². The first-order valence-corrected chi connectivity index (χ1v) is 9.85. The second-order valence-corrected chi connectivity index (χ2v) is 7.80. The number of halogens is 1. The molecule has 0 saturated carbocycles. The molecule has 0 heterocycles. The molecule has 0 fully saturated rings. The average molecular weight is 397 g/mol. The molecule has 1 amide bonds. The van der Waals surface area contributed by atoms with Gasteiger partial charge < -0.3 is 10.1 Å². The maximum Gasteiger partial charge on any atom is 0.262 e. The fourth-order valence-electron chi connectivity index (χ4n) is 2.38. The molecule has 2 rings (SSSR count). The summed E-state index contributed by atoms with van der Waals surface area (Å²) in [7, 11) is -2.37. The van der Waals surface area contributed by atoms with E-state index in [9.17, 15) is 13.2 Å². The van der Waals surface area contributed by atoms with Gasteiger partial charge in [0.05, 0.1) is 4.90 Å². The molecule has 2 aromatic carbocycles. The molecule has 1 atom stereocenters. The van der Waals surface area contributed by atoms with E-state index in [1.54, 1.807) is 43.3 Å². The van der Waals surface area contributed by atoms with Gasteiger partial charge in [0.25, 0.3) is 15.9 Å². The van der Waals surface area contributed by atoms with E-state index < -0.39 is 16.1 Å². The number of benzene rings is 2. The van der Waals surface area contributed by atoms with E-state index >= 15 is 0 Å². The third-order valence-corrected chi connectivity index (χ3v) is 5.56. The number of nitrogens with one attached hydrogen (secondary N) is 2. The van der Waals surface area contributed by atoms with Crippen molar-refractivity contribution in [1.82, 2.24) is 0 Å². The number of hydrogen-bond acceptors (Lipinski definition) is 4. The van der Waals surface area contributed by atoms with Crippen molar-refractivity contribution >= 4 is 38.9 Å². The van der Waals surface area contributed by atoms with Gasteiger partial charge in [0.15, 0.2) is 0 Å². The molecule has 140 valence electrons. The minimum Gasteiger partial charge on any atom is -0.372 e. The van der Waals surface area contributed by atoms with Crippen LogP contribution >= 0.6 is 11.6 Å². The lowest BCUT2D eigenvalue weighted by Gasteiger charge is -2.15. The molecule has 0 aliphatic heterocycles. The third kappa shape index (κ3) is 4.97. The number of methoxy groups -OCH3 is 1. The van der Waals surface area contributed by atoms with E-state index in [0.717, 1.165) is 0 Å². The van der Waals surface area contributed by atoms with Crippen LogP contribution in [0.25, 0.3) is 0 Å². The molecule has 26 heavy (non-hydrogen) atoms. The minimum atomic E-state index is -3.82. The first-order chi connectivity index (χ1) is 12.3. The monoisotopic (exact) mass is 396 g/mol. The van der Waals surface area contributed by atoms with Crippen molar-refractivity contribution in [2.75, 3.05) is 17.1 Å². The Balaban J connectivity index is 2.27. The maximum atomic E-state index is 12.7. The Kier molecular flexibility index (Phi) is 6.63. The zero-order valence-corrected chi connectivity index (χ0v) is 16.3. The van der Waals surface area contributed by atoms with Gasteiger partial charge in [-0.1, -0.05) is 24.6 Å². The number of ether oxygens (including phenoxy) is 1. The summed E-state index contributed by atoms with van der Waals surface area (Å²) in [5, 5.41) is 3.19. The Labute approximate surface area is 158 Å². The normalized spacial score (nSPS) is 12.5. The van der Waals surface area contributed by atoms with E-state index in [2.05, 4.69) is 10.0 Å². The number of anilines is 2. The van der Waals surface area contributed by atoms with Crippen LogP contribution in [0.3, 0.4) is 0 Å². The van der Waals surface area contributed by atoms with Crippen LogP contribution in [0.2, 0.25) is 5.02 Å². The second kappa shape index (κ2) is 8.53. The highest BCUT2D eigenvalue weighted by molar-refractivity contribution is 7.92. The third-order valence-electron chi connectivity index (χ3n) is 3.79. The first-order valence-electron chi connectivity index (χ1n) is 7.99. The lowest BCUT2D eigenvalue weighted by atomic mass is 10.2. The number of aryl methyl sites for hydroxylation is 1. The molecule has 1 unspecified atom stereocenters. The predicted molar refractivity (Wildman–Crippen MR) is 103 cm³/mol. The molecule has 0 aliphatic rings. The summed E-state index contributed by atoms with van der Waals surface area (Å²) >= 11 is 5.82. The number of amides is 1. The smallest absolute Gasteiger partial charge is 0.262 e. The van der Waals surface area contributed by atoms with Crippen LogP contribution in [-0.4, -0.2) is 27.5 Å². The summed E-state index contributed by atoms with van der Waals surface area (Å²) in [6.45, 7) is 3.51. The van der Waals surface area contributed by atoms with Crippen molar-refractivity contribution in [3.8, 4) is 0 Å². The molecule has 8 heteroatoms. The molecule has 2 aromatic rings. The van der Waals surface area contributed by atoms with Gasteiger partial charge in [-0.15, -0.1) is 0 Å². The Morgan fingerprint density at radius 3 is 2.35 bits per heavy atom. The molecule has 0 aromatic heterocycles. The molecule has 2 N–H and O–H groups in total. The maximum absolute atomic E-state index is 12.7. The number of hydrogen-bond donors (Lipinski definition) is 2. The molecule has 6 nitrogen and oxygen atoms in total. The Bertz CT molecular complexity index is 879. The highest BCUT2D eigenvalue weighted by atomic mass is 35.5. The van der Waals surface area contributed by atoms with Gasteiger partial charge in [-0.3, -0.25) is 9.52 Å². The number of sulfonamides is 1. The largest absolute Gasteiger partial charge is 0.372 e. The summed E-state index contributed by atoms with van der Waals surface area (Å²) in [6, 6.07) is 11.1. The fourth-order valence-corrected chi connectivity index (χ4v) is 3.83. The topological polar surface area (TPSA) is 84.5 Å². The first kappa shape index (κ1) is 20.2. The van der Waals surface area contributed by atoms with Crippen molar-refractivity contribution in [1.29, 1.82) is 0 Å². The fraction of sp³-hybridized carbons (Fsp3) is 0.278. The zero-order chi connectivity index (χ0) is 19.3. The van der Waals surface area contributed by atoms with Crippen molar-refractivity contribution < 1.29 is 17.9 Å². The van der Waals surface area contributed by atoms with Gasteiger partial charge in [0.1, 0.15) is 6.10 Å². The summed E-state index contributed by atoms with van der Waals surface area (Å²) in [5.74, 6) is -0.326. The van der Waals surface area contributed by atoms with E-state index in [4.69, 9.17) is 16.3 Å². The number of carbonyl (C=O) groups is 1. The van der Waals surface area contributed by atoms with E-state index in [1.165, 1.54) is 13.2 Å². The van der Waals surface area contributed by atoms with Gasteiger partial charge in [0.2, 0.25) is 0 Å². The number of carbonyl (C=O) groups excluding carboxylic acids is 1. The van der Waals surface area contributed by atoms with Gasteiger partial charge in [0, 0.05) is 23.5 Å². The van der Waals surface area contributed by atoms with Crippen LogP contribution in [-0.2, 0) is 19.6 Å². The Hall–Kier alpha value is -2.09. The SMILES string of the molecule is CCC(OC)C(=O)Nc1ccc(C)c(S(=O)(=O)Nc2ccc(Cl)cc2)c1. The molecule has 0 aliphatic carbocycles. The molecule has 0 bridgehead atoms. The Morgan fingerprint density at radius 2 is 1.77 bits per heavy atom. The summed E-state index contributed by atoms with van der Waals surface area (Å²) in [6.07, 6.45) is -0.0826. The van der Waals surface area contributed by atoms with Gasteiger partial charge in [-0.2, -0.15) is 0 Å². The summed E-state index contributed by atoms with van der Waals surface area (Å²) < 4.78 is 33.0. The minimum absolute atomic E-state index is 0.0794. The van der Waals surface area contributed by atoms with Crippen LogP contribution in [0, 0.1) is 6.92 Å². The van der Waals surface area contributed by atoms with Crippen LogP contribution in [0.5, 0.6) is 0 Å². The molecule has 0 radical (unpaired) electrons. The van der Waals surface area contributed by atoms with Crippen molar-refractivity contribution in [2.24, 2.45) is 0 Å². The lowest BCUT2D eigenvalue weighted by Crippen LogP contribution is -2.29. The molecule has 0 spiro atoms. The van der Waals surface area contributed by atoms with E-state index in [1.807, 2.05) is 6.92 Å². The molecular weight excluding hydrogens is 376 g/mol. The standard InChI is InChI=1S/C18H21ClN2O4S/c1-4-16(25-3)18(22)20-15-8-5-12(2)17(11-15)26(23,24)21-14-9-6-13(19)7-10-14/h5-11,16,21H,4H2,1-3H3,(H,20,22). The Morgan fingerprint density at radius 1 is 1.15 bits per heavy atom. The predicted octanol–water partition coefficient (Wildman–Crippen LogP) is 3.81. The van der Waals surface area contributed by atoms with Crippen LogP contribution < -0.4 is 10.0 Å². The summed E-state index contributed by atoms with van der Waals surface area (Å²) in [4.78, 5) is 12.2. The lowest BCUT2D eigenvalue weighted by molar-refractivity contribution is -0.125. The highest BCUT2D eigenvalue weighted by Crippen LogP contribution is 2.24. The van der Waals surface area contributed by atoms with Gasteiger partial charge >= 0.3 is 0 Å². The van der Waals surface area contributed by atoms with Crippen molar-refractivity contribution in [3.05, 3.63) is 53.1 Å². The van der Waals surface area contributed by atoms with Crippen LogP contribution in [0.1, 0.15) is 18.9 Å². The van der Waals surface area contributed by atoms with Gasteiger partial charge in [-0.25, -0.2) is 8.42 Å². The number of rotatable bonds is 7. The van der Waals surface area contributed by atoms with Crippen molar-refractivity contribution in [2.45, 2.75) is 31.3 Å². The zero-order valence-electron chi connectivity index (χ0n) is 14.7. The summed E-state index contributed by atoms with van der Waals surface area (Å²) in [5.41, 5.74) is 1.34. The molecular formula is C18H21ClN2O4S. The van der Waals surface area contributed by atoms with Crippen LogP contribution in [0.4, 0.5) is 11.4 Å².